The summed E-state index contributed by atoms with van der Waals surface area (Å²) in [5.74, 6) is 0.0335. The zero-order chi connectivity index (χ0) is 22.2. The Hall–Kier alpha value is -2.86. The molecule has 0 bridgehead atoms. The first-order valence-corrected chi connectivity index (χ1v) is 11.1. The lowest BCUT2D eigenvalue weighted by Gasteiger charge is -2.32. The summed E-state index contributed by atoms with van der Waals surface area (Å²) >= 11 is 0. The molecule has 166 valence electrons. The molecule has 2 N–H and O–H groups in total. The number of hydrogen-bond acceptors (Lipinski definition) is 3. The van der Waals surface area contributed by atoms with Crippen molar-refractivity contribution in [2.45, 2.75) is 32.2 Å². The van der Waals surface area contributed by atoms with Crippen molar-refractivity contribution in [3.05, 3.63) is 65.7 Å². The minimum atomic E-state index is -0.103. The van der Waals surface area contributed by atoms with Gasteiger partial charge in [0, 0.05) is 31.2 Å². The molecule has 3 rings (SSSR count). The normalized spacial score (nSPS) is 15.5. The number of benzene rings is 2. The minimum Gasteiger partial charge on any atom is -0.354 e. The predicted octanol–water partition coefficient (Wildman–Crippen LogP) is 3.91. The Kier molecular flexibility index (Phi) is 8.06. The highest BCUT2D eigenvalue weighted by Crippen LogP contribution is 2.21. The van der Waals surface area contributed by atoms with E-state index in [1.807, 2.05) is 44.4 Å². The van der Waals surface area contributed by atoms with Crippen LogP contribution in [0.4, 0.5) is 10.5 Å². The zero-order valence-electron chi connectivity index (χ0n) is 18.8. The van der Waals surface area contributed by atoms with Crippen LogP contribution in [0.15, 0.2) is 54.6 Å². The summed E-state index contributed by atoms with van der Waals surface area (Å²) in [6.45, 7) is 3.90. The molecule has 0 saturated carbocycles. The maximum Gasteiger partial charge on any atom is 0.321 e. The Balaban J connectivity index is 1.47. The molecule has 1 heterocycles. The molecule has 3 amide bonds. The fourth-order valence-corrected chi connectivity index (χ4v) is 3.98. The lowest BCUT2D eigenvalue weighted by atomic mass is 9.95. The van der Waals surface area contributed by atoms with Crippen molar-refractivity contribution in [1.82, 2.24) is 15.1 Å². The van der Waals surface area contributed by atoms with Crippen molar-refractivity contribution < 1.29 is 9.59 Å². The quantitative estimate of drug-likeness (QED) is 0.711. The second kappa shape index (κ2) is 11.0. The van der Waals surface area contributed by atoms with Crippen molar-refractivity contribution in [1.29, 1.82) is 0 Å². The molecule has 1 aliphatic rings. The number of piperidine rings is 1. The van der Waals surface area contributed by atoms with Gasteiger partial charge in [0.05, 0.1) is 6.04 Å². The van der Waals surface area contributed by atoms with Crippen LogP contribution in [0.25, 0.3) is 0 Å². The fraction of sp³-hybridized carbons (Fsp3) is 0.440. The van der Waals surface area contributed by atoms with Crippen LogP contribution >= 0.6 is 0 Å². The molecule has 1 atom stereocenters. The summed E-state index contributed by atoms with van der Waals surface area (Å²) in [5, 5.41) is 6.06. The number of likely N-dealkylation sites (tertiary alicyclic amines) is 1. The number of likely N-dealkylation sites (N-methyl/N-ethyl adjacent to an activating group) is 1. The standard InChI is InChI=1S/C25H34N4O2/c1-4-19-10-12-20(13-11-19)23(28(2)3)18-26-24(30)21-14-16-29(17-15-21)25(31)27-22-8-6-5-7-9-22/h5-13,21,23H,4,14-18H2,1-3H3,(H,26,30)(H,27,31). The summed E-state index contributed by atoms with van der Waals surface area (Å²) in [7, 11) is 4.07. The Bertz CT molecular complexity index is 844. The number of rotatable bonds is 7. The first-order chi connectivity index (χ1) is 15.0. The van der Waals surface area contributed by atoms with Crippen molar-refractivity contribution in [3.8, 4) is 0 Å². The van der Waals surface area contributed by atoms with Crippen LogP contribution in [-0.2, 0) is 11.2 Å². The highest BCUT2D eigenvalue weighted by Gasteiger charge is 2.28. The SMILES string of the molecule is CCc1ccc(C(CNC(=O)C2CCN(C(=O)Nc3ccccc3)CC2)N(C)C)cc1. The molecule has 2 aromatic rings. The van der Waals surface area contributed by atoms with E-state index in [0.29, 0.717) is 32.5 Å². The van der Waals surface area contributed by atoms with Gasteiger partial charge in [-0.2, -0.15) is 0 Å². The van der Waals surface area contributed by atoms with Gasteiger partial charge in [0.1, 0.15) is 0 Å². The molecule has 0 aromatic heterocycles. The van der Waals surface area contributed by atoms with E-state index in [-0.39, 0.29) is 23.9 Å². The van der Waals surface area contributed by atoms with Gasteiger partial charge in [-0.05, 0) is 56.6 Å². The summed E-state index contributed by atoms with van der Waals surface area (Å²) in [5.41, 5.74) is 3.30. The average molecular weight is 423 g/mol. The van der Waals surface area contributed by atoms with Crippen LogP contribution < -0.4 is 10.6 Å². The topological polar surface area (TPSA) is 64.7 Å². The molecular weight excluding hydrogens is 388 g/mol. The van der Waals surface area contributed by atoms with Crippen LogP contribution in [0, 0.1) is 5.92 Å². The smallest absolute Gasteiger partial charge is 0.321 e. The van der Waals surface area contributed by atoms with Crippen molar-refractivity contribution >= 4 is 17.6 Å². The molecule has 0 aliphatic carbocycles. The fourth-order valence-electron chi connectivity index (χ4n) is 3.98. The number of anilines is 1. The zero-order valence-corrected chi connectivity index (χ0v) is 18.8. The second-order valence-corrected chi connectivity index (χ2v) is 8.38. The molecule has 1 fully saturated rings. The van der Waals surface area contributed by atoms with E-state index in [2.05, 4.69) is 46.7 Å². The number of aryl methyl sites for hydroxylation is 1. The lowest BCUT2D eigenvalue weighted by molar-refractivity contribution is -0.126. The van der Waals surface area contributed by atoms with E-state index >= 15 is 0 Å². The van der Waals surface area contributed by atoms with Gasteiger partial charge in [-0.1, -0.05) is 49.4 Å². The van der Waals surface area contributed by atoms with Crippen LogP contribution in [0.5, 0.6) is 0 Å². The lowest BCUT2D eigenvalue weighted by Crippen LogP contribution is -2.45. The third kappa shape index (κ3) is 6.31. The van der Waals surface area contributed by atoms with Crippen LogP contribution in [0.2, 0.25) is 0 Å². The second-order valence-electron chi connectivity index (χ2n) is 8.38. The van der Waals surface area contributed by atoms with Gasteiger partial charge >= 0.3 is 6.03 Å². The highest BCUT2D eigenvalue weighted by molar-refractivity contribution is 5.89. The monoisotopic (exact) mass is 422 g/mol. The maximum absolute atomic E-state index is 12.8. The molecule has 31 heavy (non-hydrogen) atoms. The number of carbonyl (C=O) groups excluding carboxylic acids is 2. The van der Waals surface area contributed by atoms with E-state index in [0.717, 1.165) is 12.1 Å². The summed E-state index contributed by atoms with van der Waals surface area (Å²) in [6, 6.07) is 18.1. The van der Waals surface area contributed by atoms with Gasteiger partial charge in [-0.15, -0.1) is 0 Å². The number of carbonyl (C=O) groups is 2. The maximum atomic E-state index is 12.8. The van der Waals surface area contributed by atoms with Crippen LogP contribution in [0.1, 0.15) is 36.9 Å². The largest absolute Gasteiger partial charge is 0.354 e. The molecule has 1 aliphatic heterocycles. The number of nitrogens with zero attached hydrogens (tertiary/aromatic N) is 2. The number of hydrogen-bond donors (Lipinski definition) is 2. The third-order valence-electron chi connectivity index (χ3n) is 6.04. The van der Waals surface area contributed by atoms with Gasteiger partial charge in [0.15, 0.2) is 0 Å². The Morgan fingerprint density at radius 1 is 1.03 bits per heavy atom. The molecule has 1 saturated heterocycles. The first kappa shape index (κ1) is 22.8. The van der Waals surface area contributed by atoms with Gasteiger partial charge in [0.25, 0.3) is 0 Å². The van der Waals surface area contributed by atoms with E-state index in [1.165, 1.54) is 11.1 Å². The van der Waals surface area contributed by atoms with Crippen molar-refractivity contribution in [2.75, 3.05) is 39.0 Å². The average Bonchev–Trinajstić information content (AvgIpc) is 2.80. The Morgan fingerprint density at radius 3 is 2.26 bits per heavy atom. The highest BCUT2D eigenvalue weighted by atomic mass is 16.2. The number of nitrogens with one attached hydrogen (secondary N) is 2. The third-order valence-corrected chi connectivity index (χ3v) is 6.04. The molecule has 6 nitrogen and oxygen atoms in total. The Morgan fingerprint density at radius 2 is 1.68 bits per heavy atom. The predicted molar refractivity (Wildman–Crippen MR) is 125 cm³/mol. The van der Waals surface area contributed by atoms with Gasteiger partial charge in [-0.25, -0.2) is 4.79 Å². The van der Waals surface area contributed by atoms with E-state index in [9.17, 15) is 9.59 Å². The van der Waals surface area contributed by atoms with Crippen molar-refractivity contribution in [2.24, 2.45) is 5.92 Å². The van der Waals surface area contributed by atoms with Gasteiger partial charge in [0.2, 0.25) is 5.91 Å². The summed E-state index contributed by atoms with van der Waals surface area (Å²) in [6.07, 6.45) is 2.39. The molecular formula is C25H34N4O2. The van der Waals surface area contributed by atoms with E-state index < -0.39 is 0 Å². The molecule has 0 radical (unpaired) electrons. The van der Waals surface area contributed by atoms with Gasteiger partial charge in [-0.3, -0.25) is 4.79 Å². The summed E-state index contributed by atoms with van der Waals surface area (Å²) < 4.78 is 0. The Labute approximate surface area is 185 Å². The molecule has 6 heteroatoms. The number of urea groups is 1. The molecule has 0 spiro atoms. The van der Waals surface area contributed by atoms with E-state index in [1.54, 1.807) is 4.90 Å². The first-order valence-electron chi connectivity index (χ1n) is 11.1. The summed E-state index contributed by atoms with van der Waals surface area (Å²) in [4.78, 5) is 29.1. The molecule has 2 aromatic carbocycles. The van der Waals surface area contributed by atoms with Crippen LogP contribution in [-0.4, -0.2) is 55.5 Å². The van der Waals surface area contributed by atoms with Crippen LogP contribution in [0.3, 0.4) is 0 Å². The van der Waals surface area contributed by atoms with Gasteiger partial charge < -0.3 is 20.4 Å². The van der Waals surface area contributed by atoms with E-state index in [4.69, 9.17) is 0 Å². The number of para-hydroxylation sites is 1. The minimum absolute atomic E-state index is 0.0499. The van der Waals surface area contributed by atoms with Crippen molar-refractivity contribution in [3.63, 3.8) is 0 Å². The molecule has 1 unspecified atom stereocenters. The number of amides is 3.